The van der Waals surface area contributed by atoms with Gasteiger partial charge >= 0.3 is 0 Å². The zero-order chi connectivity index (χ0) is 20.5. The Morgan fingerprint density at radius 1 is 1.00 bits per heavy atom. The van der Waals surface area contributed by atoms with E-state index in [1.807, 2.05) is 0 Å². The summed E-state index contributed by atoms with van der Waals surface area (Å²) in [5, 5.41) is 5.58. The lowest BCUT2D eigenvalue weighted by molar-refractivity contribution is -0.117. The van der Waals surface area contributed by atoms with Crippen LogP contribution in [0.1, 0.15) is 28.8 Å². The number of hydrogen-bond donors (Lipinski definition) is 2. The van der Waals surface area contributed by atoms with Crippen molar-refractivity contribution in [3.63, 3.8) is 0 Å². The number of anilines is 2. The third-order valence-electron chi connectivity index (χ3n) is 4.60. The molecule has 2 N–H and O–H groups in total. The highest BCUT2D eigenvalue weighted by molar-refractivity contribution is 7.89. The summed E-state index contributed by atoms with van der Waals surface area (Å²) >= 11 is 0. The van der Waals surface area contributed by atoms with Crippen molar-refractivity contribution in [3.8, 4) is 0 Å². The number of amides is 2. The smallest absolute Gasteiger partial charge is 0.255 e. The Bertz CT molecular complexity index is 1010. The summed E-state index contributed by atoms with van der Waals surface area (Å²) in [5.74, 6) is -0.244. The quantitative estimate of drug-likeness (QED) is 0.778. The zero-order valence-corrected chi connectivity index (χ0v) is 16.8. The summed E-state index contributed by atoms with van der Waals surface area (Å²) < 4.78 is 25.7. The predicted octanol–water partition coefficient (Wildman–Crippen LogP) is 2.85. The van der Waals surface area contributed by atoms with Crippen molar-refractivity contribution in [1.29, 1.82) is 0 Å². The van der Waals surface area contributed by atoms with Gasteiger partial charge in [-0.1, -0.05) is 6.07 Å². The van der Waals surface area contributed by atoms with Crippen molar-refractivity contribution < 1.29 is 18.0 Å². The van der Waals surface area contributed by atoms with Gasteiger partial charge < -0.3 is 10.6 Å². The van der Waals surface area contributed by atoms with Gasteiger partial charge in [-0.3, -0.25) is 9.59 Å². The Morgan fingerprint density at radius 2 is 1.64 bits per heavy atom. The third-order valence-corrected chi connectivity index (χ3v) is 6.41. The van der Waals surface area contributed by atoms with E-state index in [0.717, 1.165) is 22.7 Å². The summed E-state index contributed by atoms with van der Waals surface area (Å²) in [6, 6.07) is 11.2. The van der Waals surface area contributed by atoms with Crippen LogP contribution in [0.3, 0.4) is 0 Å². The number of nitrogens with one attached hydrogen (secondary N) is 2. The Hall–Kier alpha value is -2.71. The van der Waals surface area contributed by atoms with Gasteiger partial charge in [0, 0.05) is 37.0 Å². The van der Waals surface area contributed by atoms with Gasteiger partial charge in [0.2, 0.25) is 15.9 Å². The number of nitrogens with zero attached hydrogens (tertiary/aromatic N) is 1. The number of hydrogen-bond acceptors (Lipinski definition) is 4. The summed E-state index contributed by atoms with van der Waals surface area (Å²) in [6.45, 7) is 1.79. The second kappa shape index (κ2) is 7.73. The maximum Gasteiger partial charge on any atom is 0.255 e. The normalized spacial score (nSPS) is 14.0. The molecule has 1 fully saturated rings. The molecule has 1 saturated carbocycles. The van der Waals surface area contributed by atoms with Crippen LogP contribution >= 0.6 is 0 Å². The molecule has 0 aliphatic heterocycles. The molecule has 1 aliphatic carbocycles. The van der Waals surface area contributed by atoms with Crippen molar-refractivity contribution in [2.24, 2.45) is 5.92 Å². The van der Waals surface area contributed by atoms with E-state index in [0.29, 0.717) is 16.9 Å². The van der Waals surface area contributed by atoms with Gasteiger partial charge in [0.15, 0.2) is 0 Å². The standard InChI is InChI=1S/C20H23N3O4S/c1-13-4-11-17(28(26,27)23(2)3)12-18(13)22-20(25)15-7-9-16(10-8-15)21-19(24)14-5-6-14/h4,7-12,14H,5-6H2,1-3H3,(H,21,24)(H,22,25). The van der Waals surface area contributed by atoms with Gasteiger partial charge in [-0.15, -0.1) is 0 Å². The molecule has 2 aromatic rings. The van der Waals surface area contributed by atoms with Crippen molar-refractivity contribution in [3.05, 3.63) is 53.6 Å². The van der Waals surface area contributed by atoms with Crippen molar-refractivity contribution in [2.75, 3.05) is 24.7 Å². The topological polar surface area (TPSA) is 95.6 Å². The van der Waals surface area contributed by atoms with Crippen molar-refractivity contribution in [2.45, 2.75) is 24.7 Å². The highest BCUT2D eigenvalue weighted by atomic mass is 32.2. The molecule has 0 heterocycles. The Balaban J connectivity index is 1.74. The molecule has 0 aromatic heterocycles. The lowest BCUT2D eigenvalue weighted by atomic mass is 10.1. The van der Waals surface area contributed by atoms with Gasteiger partial charge in [0.05, 0.1) is 4.90 Å². The number of benzene rings is 2. The van der Waals surface area contributed by atoms with Crippen LogP contribution < -0.4 is 10.6 Å². The fraction of sp³-hybridized carbons (Fsp3) is 0.300. The molecule has 2 aromatic carbocycles. The maximum atomic E-state index is 12.6. The number of carbonyl (C=O) groups is 2. The molecular formula is C20H23N3O4S. The minimum Gasteiger partial charge on any atom is -0.326 e. The van der Waals surface area contributed by atoms with Crippen LogP contribution in [0.25, 0.3) is 0 Å². The van der Waals surface area contributed by atoms with Crippen LogP contribution in [0.4, 0.5) is 11.4 Å². The first kappa shape index (κ1) is 20.0. The largest absolute Gasteiger partial charge is 0.326 e. The molecule has 2 amide bonds. The minimum atomic E-state index is -3.59. The molecule has 148 valence electrons. The average Bonchev–Trinajstić information content (AvgIpc) is 3.49. The predicted molar refractivity (Wildman–Crippen MR) is 108 cm³/mol. The summed E-state index contributed by atoms with van der Waals surface area (Å²) in [7, 11) is -0.683. The van der Waals surface area contributed by atoms with Gasteiger partial charge in [-0.25, -0.2) is 12.7 Å². The van der Waals surface area contributed by atoms with Crippen LogP contribution in [0.15, 0.2) is 47.4 Å². The van der Waals surface area contributed by atoms with E-state index in [1.165, 1.54) is 26.2 Å². The maximum absolute atomic E-state index is 12.6. The molecule has 0 bridgehead atoms. The monoisotopic (exact) mass is 401 g/mol. The zero-order valence-electron chi connectivity index (χ0n) is 16.0. The highest BCUT2D eigenvalue weighted by Crippen LogP contribution is 2.30. The molecule has 0 unspecified atom stereocenters. The molecule has 0 atom stereocenters. The third kappa shape index (κ3) is 4.40. The fourth-order valence-corrected chi connectivity index (χ4v) is 3.52. The van der Waals surface area contributed by atoms with Gasteiger partial charge in [0.1, 0.15) is 0 Å². The first-order valence-corrected chi connectivity index (χ1v) is 10.4. The molecule has 28 heavy (non-hydrogen) atoms. The van der Waals surface area contributed by atoms with Crippen LogP contribution in [0.5, 0.6) is 0 Å². The molecule has 8 heteroatoms. The minimum absolute atomic E-state index is 0.00624. The van der Waals surface area contributed by atoms with Crippen LogP contribution in [-0.4, -0.2) is 38.6 Å². The second-order valence-electron chi connectivity index (χ2n) is 7.06. The van der Waals surface area contributed by atoms with E-state index in [9.17, 15) is 18.0 Å². The number of sulfonamides is 1. The van der Waals surface area contributed by atoms with E-state index in [2.05, 4.69) is 10.6 Å². The molecule has 0 spiro atoms. The summed E-state index contributed by atoms with van der Waals surface area (Å²) in [4.78, 5) is 24.5. The molecule has 1 aliphatic rings. The Kier molecular flexibility index (Phi) is 5.53. The second-order valence-corrected chi connectivity index (χ2v) is 9.21. The van der Waals surface area contributed by atoms with E-state index in [4.69, 9.17) is 0 Å². The summed E-state index contributed by atoms with van der Waals surface area (Å²) in [5.41, 5.74) is 2.23. The molecule has 0 radical (unpaired) electrons. The number of rotatable bonds is 6. The molecule has 0 saturated heterocycles. The summed E-state index contributed by atoms with van der Waals surface area (Å²) in [6.07, 6.45) is 1.85. The first-order chi connectivity index (χ1) is 13.2. The van der Waals surface area contributed by atoms with Crippen LogP contribution in [0, 0.1) is 12.8 Å². The Morgan fingerprint density at radius 3 is 2.21 bits per heavy atom. The van der Waals surface area contributed by atoms with Crippen molar-refractivity contribution in [1.82, 2.24) is 4.31 Å². The highest BCUT2D eigenvalue weighted by Gasteiger charge is 2.29. The number of carbonyl (C=O) groups excluding carboxylic acids is 2. The fourth-order valence-electron chi connectivity index (χ4n) is 2.60. The van der Waals surface area contributed by atoms with E-state index in [-0.39, 0.29) is 22.6 Å². The van der Waals surface area contributed by atoms with Crippen molar-refractivity contribution >= 4 is 33.2 Å². The lowest BCUT2D eigenvalue weighted by Crippen LogP contribution is -2.22. The van der Waals surface area contributed by atoms with Crippen LogP contribution in [-0.2, 0) is 14.8 Å². The van der Waals surface area contributed by atoms with Gasteiger partial charge in [-0.2, -0.15) is 0 Å². The number of aryl methyl sites for hydroxylation is 1. The van der Waals surface area contributed by atoms with E-state index >= 15 is 0 Å². The molecular weight excluding hydrogens is 378 g/mol. The lowest BCUT2D eigenvalue weighted by Gasteiger charge is -2.14. The average molecular weight is 401 g/mol. The van der Waals surface area contributed by atoms with Crippen LogP contribution in [0.2, 0.25) is 0 Å². The van der Waals surface area contributed by atoms with Gasteiger partial charge in [0.25, 0.3) is 5.91 Å². The van der Waals surface area contributed by atoms with Gasteiger partial charge in [-0.05, 0) is 61.7 Å². The first-order valence-electron chi connectivity index (χ1n) is 8.94. The van der Waals surface area contributed by atoms with E-state index in [1.54, 1.807) is 37.3 Å². The molecule has 7 nitrogen and oxygen atoms in total. The van der Waals surface area contributed by atoms with E-state index < -0.39 is 10.0 Å². The molecule has 3 rings (SSSR count). The Labute approximate surface area is 164 Å². The SMILES string of the molecule is Cc1ccc(S(=O)(=O)N(C)C)cc1NC(=O)c1ccc(NC(=O)C2CC2)cc1.